The van der Waals surface area contributed by atoms with Gasteiger partial charge in [0.1, 0.15) is 0 Å². The summed E-state index contributed by atoms with van der Waals surface area (Å²) in [6.45, 7) is 7.73. The Labute approximate surface area is 103 Å². The Balaban J connectivity index is 0.00000196. The maximum atomic E-state index is 11.9. The zero-order valence-corrected chi connectivity index (χ0v) is 11.2. The summed E-state index contributed by atoms with van der Waals surface area (Å²) in [5, 5.41) is 0.563. The summed E-state index contributed by atoms with van der Waals surface area (Å²) in [7, 11) is 0. The van der Waals surface area contributed by atoms with Crippen LogP contribution in [0, 0.1) is 5.92 Å². The van der Waals surface area contributed by atoms with Gasteiger partial charge in [0.05, 0.1) is 5.92 Å². The minimum atomic E-state index is -0.0506. The highest BCUT2D eigenvalue weighted by atomic mass is 35.5. The third kappa shape index (κ3) is 4.21. The van der Waals surface area contributed by atoms with Crippen LogP contribution in [-0.2, 0) is 4.79 Å². The first-order valence-corrected chi connectivity index (χ1v) is 6.23. The van der Waals surface area contributed by atoms with Crippen molar-refractivity contribution >= 4 is 30.1 Å². The van der Waals surface area contributed by atoms with Crippen LogP contribution in [-0.4, -0.2) is 40.9 Å². The Morgan fingerprint density at radius 3 is 2.60 bits per heavy atom. The normalized spacial score (nSPS) is 25.3. The number of hydrogen-bond acceptors (Lipinski definition) is 3. The first-order chi connectivity index (χ1) is 6.52. The SMILES string of the molecule is CC1CN(C(=O)C(C)C(C)N)CCS1.Cl. The molecule has 1 saturated heterocycles. The number of carbonyl (C=O) groups excluding carboxylic acids is 1. The fraction of sp³-hybridized carbons (Fsp3) is 0.900. The third-order valence-electron chi connectivity index (χ3n) is 2.73. The number of rotatable bonds is 2. The summed E-state index contributed by atoms with van der Waals surface area (Å²) < 4.78 is 0. The van der Waals surface area contributed by atoms with Crippen LogP contribution in [0.3, 0.4) is 0 Å². The Morgan fingerprint density at radius 1 is 1.53 bits per heavy atom. The van der Waals surface area contributed by atoms with E-state index in [1.165, 1.54) is 0 Å². The number of nitrogens with zero attached hydrogens (tertiary/aromatic N) is 1. The van der Waals surface area contributed by atoms with E-state index in [2.05, 4.69) is 6.92 Å². The summed E-state index contributed by atoms with van der Waals surface area (Å²) >= 11 is 1.93. The van der Waals surface area contributed by atoms with Crippen molar-refractivity contribution in [2.24, 2.45) is 11.7 Å². The Morgan fingerprint density at radius 2 is 2.13 bits per heavy atom. The average Bonchev–Trinajstić information content (AvgIpc) is 2.15. The first-order valence-electron chi connectivity index (χ1n) is 5.18. The first kappa shape index (κ1) is 15.1. The molecule has 0 aromatic heterocycles. The summed E-state index contributed by atoms with van der Waals surface area (Å²) in [6.07, 6.45) is 0. The molecule has 90 valence electrons. The van der Waals surface area contributed by atoms with E-state index in [1.807, 2.05) is 30.5 Å². The third-order valence-corrected chi connectivity index (χ3v) is 3.87. The lowest BCUT2D eigenvalue weighted by molar-refractivity contribution is -0.135. The van der Waals surface area contributed by atoms with E-state index >= 15 is 0 Å². The Kier molecular flexibility index (Phi) is 6.64. The molecular formula is C10H21ClN2OS. The molecule has 15 heavy (non-hydrogen) atoms. The second kappa shape index (κ2) is 6.61. The predicted octanol–water partition coefficient (Wildman–Crippen LogP) is 1.36. The average molecular weight is 253 g/mol. The van der Waals surface area contributed by atoms with Crippen LogP contribution < -0.4 is 5.73 Å². The smallest absolute Gasteiger partial charge is 0.227 e. The van der Waals surface area contributed by atoms with Crippen LogP contribution in [0.5, 0.6) is 0 Å². The zero-order valence-electron chi connectivity index (χ0n) is 9.60. The Hall–Kier alpha value is 0.0700. The highest BCUT2D eigenvalue weighted by molar-refractivity contribution is 7.99. The number of carbonyl (C=O) groups is 1. The van der Waals surface area contributed by atoms with Gasteiger partial charge in [0.2, 0.25) is 5.91 Å². The number of halogens is 1. The molecule has 3 atom stereocenters. The van der Waals surface area contributed by atoms with Crippen LogP contribution >= 0.6 is 24.2 Å². The standard InChI is InChI=1S/C10H20N2OS.ClH/c1-7-6-12(4-5-14-7)10(13)8(2)9(3)11;/h7-9H,4-6,11H2,1-3H3;1H. The van der Waals surface area contributed by atoms with Gasteiger partial charge in [-0.25, -0.2) is 0 Å². The summed E-state index contributed by atoms with van der Waals surface area (Å²) in [6, 6.07) is -0.0487. The molecule has 0 spiro atoms. The molecular weight excluding hydrogens is 232 g/mol. The summed E-state index contributed by atoms with van der Waals surface area (Å²) in [4.78, 5) is 13.9. The highest BCUT2D eigenvalue weighted by Crippen LogP contribution is 2.19. The van der Waals surface area contributed by atoms with Crippen molar-refractivity contribution in [3.05, 3.63) is 0 Å². The van der Waals surface area contributed by atoms with Gasteiger partial charge in [0.25, 0.3) is 0 Å². The summed E-state index contributed by atoms with van der Waals surface area (Å²) in [5.74, 6) is 1.22. The lowest BCUT2D eigenvalue weighted by Crippen LogP contribution is -2.46. The van der Waals surface area contributed by atoms with Gasteiger partial charge in [0, 0.05) is 30.1 Å². The maximum absolute atomic E-state index is 11.9. The lowest BCUT2D eigenvalue weighted by atomic mass is 10.0. The molecule has 1 fully saturated rings. The van der Waals surface area contributed by atoms with Gasteiger partial charge >= 0.3 is 0 Å². The van der Waals surface area contributed by atoms with Crippen LogP contribution in [0.15, 0.2) is 0 Å². The molecule has 1 aliphatic heterocycles. The number of hydrogen-bond donors (Lipinski definition) is 1. The molecule has 3 unspecified atom stereocenters. The van der Waals surface area contributed by atoms with E-state index in [1.54, 1.807) is 0 Å². The van der Waals surface area contributed by atoms with Gasteiger partial charge in [-0.1, -0.05) is 13.8 Å². The monoisotopic (exact) mass is 252 g/mol. The predicted molar refractivity (Wildman–Crippen MR) is 68.6 cm³/mol. The largest absolute Gasteiger partial charge is 0.340 e. The van der Waals surface area contributed by atoms with Gasteiger partial charge in [-0.15, -0.1) is 12.4 Å². The van der Waals surface area contributed by atoms with Gasteiger partial charge < -0.3 is 10.6 Å². The van der Waals surface area contributed by atoms with Gasteiger partial charge in [0.15, 0.2) is 0 Å². The molecule has 5 heteroatoms. The quantitative estimate of drug-likeness (QED) is 0.807. The number of nitrogens with two attached hydrogens (primary N) is 1. The van der Waals surface area contributed by atoms with Crippen molar-refractivity contribution in [1.82, 2.24) is 4.90 Å². The van der Waals surface area contributed by atoms with Crippen molar-refractivity contribution in [3.8, 4) is 0 Å². The van der Waals surface area contributed by atoms with Crippen molar-refractivity contribution in [3.63, 3.8) is 0 Å². The van der Waals surface area contributed by atoms with Crippen LogP contribution in [0.2, 0.25) is 0 Å². The maximum Gasteiger partial charge on any atom is 0.227 e. The molecule has 0 radical (unpaired) electrons. The molecule has 1 heterocycles. The van der Waals surface area contributed by atoms with Gasteiger partial charge in [-0.2, -0.15) is 11.8 Å². The molecule has 0 saturated carbocycles. The molecule has 1 amide bonds. The molecule has 0 aliphatic carbocycles. The minimum Gasteiger partial charge on any atom is -0.340 e. The molecule has 2 N–H and O–H groups in total. The minimum absolute atomic E-state index is 0. The second-order valence-corrected chi connectivity index (χ2v) is 5.66. The van der Waals surface area contributed by atoms with Crippen molar-refractivity contribution in [1.29, 1.82) is 0 Å². The van der Waals surface area contributed by atoms with Crippen LogP contribution in [0.4, 0.5) is 0 Å². The fourth-order valence-corrected chi connectivity index (χ4v) is 2.54. The second-order valence-electron chi connectivity index (χ2n) is 4.11. The van der Waals surface area contributed by atoms with E-state index in [9.17, 15) is 4.79 Å². The van der Waals surface area contributed by atoms with Crippen molar-refractivity contribution in [2.45, 2.75) is 32.1 Å². The summed E-state index contributed by atoms with van der Waals surface area (Å²) in [5.41, 5.74) is 5.73. The molecule has 1 aliphatic rings. The zero-order chi connectivity index (χ0) is 10.7. The molecule has 3 nitrogen and oxygen atoms in total. The molecule has 0 aromatic rings. The Bertz CT molecular complexity index is 214. The van der Waals surface area contributed by atoms with Gasteiger partial charge in [-0.05, 0) is 6.92 Å². The topological polar surface area (TPSA) is 46.3 Å². The number of amides is 1. The van der Waals surface area contributed by atoms with E-state index in [0.29, 0.717) is 5.25 Å². The van der Waals surface area contributed by atoms with Crippen LogP contribution in [0.1, 0.15) is 20.8 Å². The molecule has 1 rings (SSSR count). The van der Waals surface area contributed by atoms with E-state index in [0.717, 1.165) is 18.8 Å². The van der Waals surface area contributed by atoms with Crippen LogP contribution in [0.25, 0.3) is 0 Å². The highest BCUT2D eigenvalue weighted by Gasteiger charge is 2.26. The fourth-order valence-electron chi connectivity index (χ4n) is 1.53. The lowest BCUT2D eigenvalue weighted by Gasteiger charge is -2.33. The van der Waals surface area contributed by atoms with Crippen molar-refractivity contribution < 1.29 is 4.79 Å². The molecule has 0 bridgehead atoms. The van der Waals surface area contributed by atoms with E-state index in [-0.39, 0.29) is 30.3 Å². The van der Waals surface area contributed by atoms with Crippen molar-refractivity contribution in [2.75, 3.05) is 18.8 Å². The van der Waals surface area contributed by atoms with Gasteiger partial charge in [-0.3, -0.25) is 4.79 Å². The van der Waals surface area contributed by atoms with E-state index in [4.69, 9.17) is 5.73 Å². The molecule has 0 aromatic carbocycles. The van der Waals surface area contributed by atoms with E-state index < -0.39 is 0 Å². The number of thioether (sulfide) groups is 1.